The van der Waals surface area contributed by atoms with E-state index in [2.05, 4.69) is 9.97 Å². The average molecular weight is 253 g/mol. The van der Waals surface area contributed by atoms with Gasteiger partial charge < -0.3 is 10.2 Å². The Balaban J connectivity index is 1.76. The summed E-state index contributed by atoms with van der Waals surface area (Å²) in [5, 5.41) is 0. The minimum absolute atomic E-state index is 0.687. The smallest absolute Gasteiger partial charge is 0.199 e. The maximum atomic E-state index is 5.67. The van der Waals surface area contributed by atoms with Gasteiger partial charge in [-0.2, -0.15) is 4.98 Å². The Kier molecular flexibility index (Phi) is 2.91. The van der Waals surface area contributed by atoms with E-state index in [1.807, 2.05) is 43.3 Å². The highest BCUT2D eigenvalue weighted by molar-refractivity contribution is 5.67. The molecule has 0 saturated carbocycles. The lowest BCUT2D eigenvalue weighted by molar-refractivity contribution is 0.528. The summed E-state index contributed by atoms with van der Waals surface area (Å²) in [5.41, 5.74) is 10.1. The Morgan fingerprint density at radius 2 is 1.79 bits per heavy atom. The van der Waals surface area contributed by atoms with Gasteiger partial charge in [0.25, 0.3) is 0 Å². The van der Waals surface area contributed by atoms with Crippen molar-refractivity contribution in [3.63, 3.8) is 0 Å². The van der Waals surface area contributed by atoms with Crippen molar-refractivity contribution in [3.05, 3.63) is 53.5 Å². The zero-order valence-corrected chi connectivity index (χ0v) is 10.8. The lowest BCUT2D eigenvalue weighted by Gasteiger charge is -1.99. The van der Waals surface area contributed by atoms with Crippen molar-refractivity contribution in [1.29, 1.82) is 0 Å². The van der Waals surface area contributed by atoms with E-state index in [1.54, 1.807) is 0 Å². The maximum Gasteiger partial charge on any atom is 0.199 e. The minimum Gasteiger partial charge on any atom is -0.439 e. The third-order valence-electron chi connectivity index (χ3n) is 3.04. The van der Waals surface area contributed by atoms with Crippen LogP contribution in [0.4, 0.5) is 5.69 Å². The molecule has 1 aromatic carbocycles. The summed E-state index contributed by atoms with van der Waals surface area (Å²) in [4.78, 5) is 8.75. The fourth-order valence-electron chi connectivity index (χ4n) is 2.00. The topological polar surface area (TPSA) is 64.9 Å². The number of benzene rings is 1. The molecule has 0 unspecified atom stereocenters. The van der Waals surface area contributed by atoms with E-state index in [1.165, 1.54) is 5.56 Å². The Hall–Kier alpha value is -2.36. The van der Waals surface area contributed by atoms with Crippen molar-refractivity contribution in [3.8, 4) is 0 Å². The van der Waals surface area contributed by atoms with Crippen LogP contribution in [0.5, 0.6) is 0 Å². The molecule has 96 valence electrons. The largest absolute Gasteiger partial charge is 0.439 e. The molecule has 4 nitrogen and oxygen atoms in total. The van der Waals surface area contributed by atoms with E-state index in [4.69, 9.17) is 10.2 Å². The molecule has 0 saturated heterocycles. The molecule has 2 aromatic heterocycles. The number of hydrogen-bond donors (Lipinski definition) is 1. The van der Waals surface area contributed by atoms with Crippen LogP contribution in [0.15, 0.2) is 40.8 Å². The van der Waals surface area contributed by atoms with E-state index in [-0.39, 0.29) is 0 Å². The summed E-state index contributed by atoms with van der Waals surface area (Å²) in [6.07, 6.45) is 1.64. The predicted molar refractivity (Wildman–Crippen MR) is 74.8 cm³/mol. The second kappa shape index (κ2) is 4.72. The van der Waals surface area contributed by atoms with Crippen molar-refractivity contribution >= 4 is 16.9 Å². The fraction of sp³-hybridized carbons (Fsp3) is 0.200. The van der Waals surface area contributed by atoms with Gasteiger partial charge in [-0.15, -0.1) is 0 Å². The van der Waals surface area contributed by atoms with Gasteiger partial charge in [0.15, 0.2) is 17.1 Å². The van der Waals surface area contributed by atoms with Crippen molar-refractivity contribution in [1.82, 2.24) is 9.97 Å². The highest BCUT2D eigenvalue weighted by Gasteiger charge is 2.07. The summed E-state index contributed by atoms with van der Waals surface area (Å²) in [5.74, 6) is 0.727. The molecule has 4 heteroatoms. The molecule has 0 aliphatic carbocycles. The van der Waals surface area contributed by atoms with E-state index in [0.717, 1.165) is 35.7 Å². The normalized spacial score (nSPS) is 11.0. The quantitative estimate of drug-likeness (QED) is 0.729. The molecular formula is C15H15N3O. The summed E-state index contributed by atoms with van der Waals surface area (Å²) >= 11 is 0. The SMILES string of the molecule is Cc1ccc2oc(CCc3ccc(N)cc3)nc2n1. The number of fused-ring (bicyclic) bond motifs is 1. The van der Waals surface area contributed by atoms with Crippen LogP contribution >= 0.6 is 0 Å². The molecule has 0 radical (unpaired) electrons. The third kappa shape index (κ3) is 2.57. The van der Waals surface area contributed by atoms with E-state index < -0.39 is 0 Å². The van der Waals surface area contributed by atoms with Gasteiger partial charge in [0.05, 0.1) is 0 Å². The van der Waals surface area contributed by atoms with Crippen LogP contribution < -0.4 is 5.73 Å². The van der Waals surface area contributed by atoms with Gasteiger partial charge >= 0.3 is 0 Å². The van der Waals surface area contributed by atoms with Crippen LogP contribution in [0.2, 0.25) is 0 Å². The lowest BCUT2D eigenvalue weighted by atomic mass is 10.1. The highest BCUT2D eigenvalue weighted by atomic mass is 16.3. The Morgan fingerprint density at radius 3 is 2.58 bits per heavy atom. The highest BCUT2D eigenvalue weighted by Crippen LogP contribution is 2.16. The number of oxazole rings is 1. The van der Waals surface area contributed by atoms with Crippen LogP contribution in [0.1, 0.15) is 17.1 Å². The third-order valence-corrected chi connectivity index (χ3v) is 3.04. The molecule has 0 amide bonds. The second-order valence-electron chi connectivity index (χ2n) is 4.62. The standard InChI is InChI=1S/C15H15N3O/c1-10-2-8-13-15(17-10)18-14(19-13)9-5-11-3-6-12(16)7-4-11/h2-4,6-8H,5,9,16H2,1H3. The zero-order valence-electron chi connectivity index (χ0n) is 10.8. The zero-order chi connectivity index (χ0) is 13.2. The number of nitrogens with zero attached hydrogens (tertiary/aromatic N) is 2. The maximum absolute atomic E-state index is 5.67. The van der Waals surface area contributed by atoms with Crippen LogP contribution in [0, 0.1) is 6.92 Å². The van der Waals surface area contributed by atoms with Gasteiger partial charge in [0.2, 0.25) is 0 Å². The van der Waals surface area contributed by atoms with Gasteiger partial charge in [0, 0.05) is 17.8 Å². The van der Waals surface area contributed by atoms with Crippen molar-refractivity contribution in [2.24, 2.45) is 0 Å². The Morgan fingerprint density at radius 1 is 1.00 bits per heavy atom. The molecule has 0 aliphatic heterocycles. The van der Waals surface area contributed by atoms with Crippen LogP contribution in [-0.2, 0) is 12.8 Å². The first-order chi connectivity index (χ1) is 9.20. The molecule has 0 spiro atoms. The number of anilines is 1. The monoisotopic (exact) mass is 253 g/mol. The van der Waals surface area contributed by atoms with E-state index in [0.29, 0.717) is 5.65 Å². The molecular weight excluding hydrogens is 238 g/mol. The van der Waals surface area contributed by atoms with Gasteiger partial charge in [-0.05, 0) is 43.2 Å². The van der Waals surface area contributed by atoms with Crippen LogP contribution in [-0.4, -0.2) is 9.97 Å². The van der Waals surface area contributed by atoms with Gasteiger partial charge in [0.1, 0.15) is 0 Å². The number of aryl methyl sites for hydroxylation is 3. The first kappa shape index (κ1) is 11.7. The first-order valence-corrected chi connectivity index (χ1v) is 6.28. The minimum atomic E-state index is 0.687. The van der Waals surface area contributed by atoms with Crippen molar-refractivity contribution < 1.29 is 4.42 Å². The number of pyridine rings is 1. The predicted octanol–water partition coefficient (Wildman–Crippen LogP) is 2.90. The molecule has 0 atom stereocenters. The molecule has 19 heavy (non-hydrogen) atoms. The van der Waals surface area contributed by atoms with Gasteiger partial charge in [-0.25, -0.2) is 4.98 Å². The molecule has 0 bridgehead atoms. The molecule has 2 N–H and O–H groups in total. The van der Waals surface area contributed by atoms with Crippen molar-refractivity contribution in [2.75, 3.05) is 5.73 Å². The summed E-state index contributed by atoms with van der Waals surface area (Å²) in [6, 6.07) is 11.7. The average Bonchev–Trinajstić information content (AvgIpc) is 2.80. The summed E-state index contributed by atoms with van der Waals surface area (Å²) < 4.78 is 5.67. The summed E-state index contributed by atoms with van der Waals surface area (Å²) in [6.45, 7) is 1.95. The molecule has 3 aromatic rings. The molecule has 0 aliphatic rings. The summed E-state index contributed by atoms with van der Waals surface area (Å²) in [7, 11) is 0. The van der Waals surface area contributed by atoms with Gasteiger partial charge in [-0.3, -0.25) is 0 Å². The van der Waals surface area contributed by atoms with Crippen LogP contribution in [0.25, 0.3) is 11.2 Å². The molecule has 3 rings (SSSR count). The Bertz CT molecular complexity index is 701. The second-order valence-corrected chi connectivity index (χ2v) is 4.62. The number of hydrogen-bond acceptors (Lipinski definition) is 4. The van der Waals surface area contributed by atoms with Crippen LogP contribution in [0.3, 0.4) is 0 Å². The molecule has 0 fully saturated rings. The number of nitrogens with two attached hydrogens (primary N) is 1. The number of nitrogen functional groups attached to an aromatic ring is 1. The number of rotatable bonds is 3. The van der Waals surface area contributed by atoms with E-state index >= 15 is 0 Å². The molecule has 2 heterocycles. The van der Waals surface area contributed by atoms with E-state index in [9.17, 15) is 0 Å². The lowest BCUT2D eigenvalue weighted by Crippen LogP contribution is -1.92. The van der Waals surface area contributed by atoms with Crippen molar-refractivity contribution in [2.45, 2.75) is 19.8 Å². The fourth-order valence-corrected chi connectivity index (χ4v) is 2.00. The number of aromatic nitrogens is 2. The Labute approximate surface area is 111 Å². The van der Waals surface area contributed by atoms with Gasteiger partial charge in [-0.1, -0.05) is 12.1 Å². The first-order valence-electron chi connectivity index (χ1n) is 6.28.